The van der Waals surface area contributed by atoms with Gasteiger partial charge >= 0.3 is 0 Å². The summed E-state index contributed by atoms with van der Waals surface area (Å²) in [5.74, 6) is -0.943. The molecule has 166 valence electrons. The van der Waals surface area contributed by atoms with E-state index in [1.165, 1.54) is 24.3 Å². The van der Waals surface area contributed by atoms with Crippen LogP contribution in [0.4, 0.5) is 10.1 Å². The maximum Gasteiger partial charge on any atom is 0.264 e. The van der Waals surface area contributed by atoms with Gasteiger partial charge in [-0.3, -0.25) is 9.59 Å². The van der Waals surface area contributed by atoms with Crippen molar-refractivity contribution in [3.8, 4) is 11.1 Å². The topological polar surface area (TPSA) is 51.1 Å². The largest absolute Gasteiger partial charge is 0.322 e. The number of carbonyl (C=O) groups is 1. The van der Waals surface area contributed by atoms with Gasteiger partial charge in [0.05, 0.1) is 12.1 Å². The van der Waals surface area contributed by atoms with Crippen molar-refractivity contribution < 1.29 is 9.18 Å². The SMILES string of the molecule is O=C(Nc1ccc(F)cc1)c1c(-c2ccccc2)c2ccccc2n(Cc2ccccc2)c1=O. The van der Waals surface area contributed by atoms with Gasteiger partial charge in [0.15, 0.2) is 0 Å². The van der Waals surface area contributed by atoms with Crippen molar-refractivity contribution in [3.63, 3.8) is 0 Å². The van der Waals surface area contributed by atoms with E-state index in [1.807, 2.05) is 84.9 Å². The molecule has 5 rings (SSSR count). The number of hydrogen-bond donors (Lipinski definition) is 1. The number of amides is 1. The number of para-hydroxylation sites is 1. The van der Waals surface area contributed by atoms with Crippen LogP contribution >= 0.6 is 0 Å². The summed E-state index contributed by atoms with van der Waals surface area (Å²) in [4.78, 5) is 27.5. The Morgan fingerprint density at radius 2 is 1.38 bits per heavy atom. The third-order valence-electron chi connectivity index (χ3n) is 5.75. The van der Waals surface area contributed by atoms with E-state index in [2.05, 4.69) is 5.32 Å². The Hall–Kier alpha value is -4.51. The van der Waals surface area contributed by atoms with Crippen molar-refractivity contribution >= 4 is 22.5 Å². The second-order valence-electron chi connectivity index (χ2n) is 7.97. The van der Waals surface area contributed by atoms with Crippen molar-refractivity contribution in [2.45, 2.75) is 6.54 Å². The fraction of sp³-hybridized carbons (Fsp3) is 0.0345. The molecule has 4 nitrogen and oxygen atoms in total. The van der Waals surface area contributed by atoms with E-state index in [1.54, 1.807) is 4.57 Å². The molecule has 0 fully saturated rings. The third-order valence-corrected chi connectivity index (χ3v) is 5.75. The smallest absolute Gasteiger partial charge is 0.264 e. The number of hydrogen-bond acceptors (Lipinski definition) is 2. The number of fused-ring (bicyclic) bond motifs is 1. The number of anilines is 1. The van der Waals surface area contributed by atoms with Gasteiger partial charge < -0.3 is 9.88 Å². The molecule has 0 atom stereocenters. The predicted molar refractivity (Wildman–Crippen MR) is 134 cm³/mol. The molecule has 5 heteroatoms. The van der Waals surface area contributed by atoms with Crippen LogP contribution in [-0.2, 0) is 6.54 Å². The summed E-state index contributed by atoms with van der Waals surface area (Å²) < 4.78 is 15.0. The molecule has 0 radical (unpaired) electrons. The Kier molecular flexibility index (Phi) is 5.75. The van der Waals surface area contributed by atoms with Gasteiger partial charge in [-0.05, 0) is 41.5 Å². The lowest BCUT2D eigenvalue weighted by atomic mass is 9.95. The average Bonchev–Trinajstić information content (AvgIpc) is 2.88. The van der Waals surface area contributed by atoms with Crippen LogP contribution in [0.1, 0.15) is 15.9 Å². The van der Waals surface area contributed by atoms with E-state index in [9.17, 15) is 14.0 Å². The zero-order valence-corrected chi connectivity index (χ0v) is 18.2. The van der Waals surface area contributed by atoms with Crippen molar-refractivity contribution in [1.29, 1.82) is 0 Å². The number of nitrogens with one attached hydrogen (secondary N) is 1. The van der Waals surface area contributed by atoms with Gasteiger partial charge in [0.2, 0.25) is 0 Å². The third kappa shape index (κ3) is 4.11. The number of carbonyl (C=O) groups excluding carboxylic acids is 1. The molecule has 1 heterocycles. The summed E-state index contributed by atoms with van der Waals surface area (Å²) in [6.07, 6.45) is 0. The summed E-state index contributed by atoms with van der Waals surface area (Å²) in [5.41, 5.74) is 3.11. The second-order valence-corrected chi connectivity index (χ2v) is 7.97. The van der Waals surface area contributed by atoms with Crippen molar-refractivity contribution in [2.24, 2.45) is 0 Å². The van der Waals surface area contributed by atoms with Gasteiger partial charge in [0.1, 0.15) is 11.4 Å². The van der Waals surface area contributed by atoms with Crippen LogP contribution < -0.4 is 10.9 Å². The van der Waals surface area contributed by atoms with Crippen molar-refractivity contribution in [2.75, 3.05) is 5.32 Å². The van der Waals surface area contributed by atoms with E-state index in [0.29, 0.717) is 17.8 Å². The number of benzene rings is 4. The molecule has 34 heavy (non-hydrogen) atoms. The van der Waals surface area contributed by atoms with E-state index in [0.717, 1.165) is 22.0 Å². The Labute approximate surface area is 195 Å². The number of rotatable bonds is 5. The lowest BCUT2D eigenvalue weighted by Gasteiger charge is -2.18. The van der Waals surface area contributed by atoms with Gasteiger partial charge in [-0.25, -0.2) is 4.39 Å². The number of pyridine rings is 1. The minimum atomic E-state index is -0.539. The Morgan fingerprint density at radius 1 is 0.765 bits per heavy atom. The normalized spacial score (nSPS) is 10.9. The molecule has 1 amide bonds. The van der Waals surface area contributed by atoms with Crippen LogP contribution in [0.25, 0.3) is 22.0 Å². The van der Waals surface area contributed by atoms with E-state index in [-0.39, 0.29) is 11.1 Å². The molecule has 0 aliphatic heterocycles. The highest BCUT2D eigenvalue weighted by Gasteiger charge is 2.23. The molecule has 1 N–H and O–H groups in total. The molecule has 5 aromatic rings. The van der Waals surface area contributed by atoms with E-state index >= 15 is 0 Å². The van der Waals surface area contributed by atoms with Gasteiger partial charge in [0, 0.05) is 16.6 Å². The van der Waals surface area contributed by atoms with Gasteiger partial charge in [0.25, 0.3) is 11.5 Å². The minimum Gasteiger partial charge on any atom is -0.322 e. The number of nitrogens with zero attached hydrogens (tertiary/aromatic N) is 1. The number of halogens is 1. The first kappa shape index (κ1) is 21.3. The predicted octanol–water partition coefficient (Wildman–Crippen LogP) is 6.11. The molecule has 0 bridgehead atoms. The van der Waals surface area contributed by atoms with Crippen LogP contribution in [0.15, 0.2) is 114 Å². The average molecular weight is 448 g/mol. The zero-order valence-electron chi connectivity index (χ0n) is 18.2. The maximum atomic E-state index is 13.9. The summed E-state index contributed by atoms with van der Waals surface area (Å²) in [6.45, 7) is 0.325. The first-order valence-electron chi connectivity index (χ1n) is 10.9. The highest BCUT2D eigenvalue weighted by Crippen LogP contribution is 2.31. The first-order valence-corrected chi connectivity index (χ1v) is 10.9. The van der Waals surface area contributed by atoms with Crippen molar-refractivity contribution in [3.05, 3.63) is 136 Å². The number of aromatic nitrogens is 1. The maximum absolute atomic E-state index is 13.9. The van der Waals surface area contributed by atoms with Crippen LogP contribution in [0.2, 0.25) is 0 Å². The first-order chi connectivity index (χ1) is 16.6. The lowest BCUT2D eigenvalue weighted by molar-refractivity contribution is 0.102. The second kappa shape index (κ2) is 9.16. The molecular formula is C29H21FN2O2. The molecule has 0 saturated heterocycles. The molecule has 1 aromatic heterocycles. The Bertz CT molecular complexity index is 1530. The fourth-order valence-corrected chi connectivity index (χ4v) is 4.17. The van der Waals surface area contributed by atoms with Crippen molar-refractivity contribution in [1.82, 2.24) is 4.57 Å². The molecule has 0 spiro atoms. The monoisotopic (exact) mass is 448 g/mol. The van der Waals surface area contributed by atoms with Crippen LogP contribution in [0.3, 0.4) is 0 Å². The fourth-order valence-electron chi connectivity index (χ4n) is 4.17. The molecular weight excluding hydrogens is 427 g/mol. The summed E-state index contributed by atoms with van der Waals surface area (Å²) in [6, 6.07) is 32.1. The summed E-state index contributed by atoms with van der Waals surface area (Å²) in [7, 11) is 0. The standard InChI is InChI=1S/C29H21FN2O2/c30-22-15-17-23(18-16-22)31-28(33)27-26(21-11-5-2-6-12-21)24-13-7-8-14-25(24)32(29(27)34)19-20-9-3-1-4-10-20/h1-18H,19H2,(H,31,33). The van der Waals surface area contributed by atoms with Crippen LogP contribution in [-0.4, -0.2) is 10.5 Å². The molecule has 0 unspecified atom stereocenters. The van der Waals surface area contributed by atoms with Gasteiger partial charge in [-0.15, -0.1) is 0 Å². The molecule has 0 aliphatic carbocycles. The highest BCUT2D eigenvalue weighted by molar-refractivity contribution is 6.13. The Morgan fingerprint density at radius 3 is 2.09 bits per heavy atom. The van der Waals surface area contributed by atoms with Crippen LogP contribution in [0.5, 0.6) is 0 Å². The van der Waals surface area contributed by atoms with Gasteiger partial charge in [-0.1, -0.05) is 78.9 Å². The Balaban J connectivity index is 1.76. The van der Waals surface area contributed by atoms with Crippen LogP contribution in [0, 0.1) is 5.82 Å². The molecule has 0 saturated carbocycles. The highest BCUT2D eigenvalue weighted by atomic mass is 19.1. The quantitative estimate of drug-likeness (QED) is 0.353. The molecule has 4 aromatic carbocycles. The van der Waals surface area contributed by atoms with E-state index in [4.69, 9.17) is 0 Å². The summed E-state index contributed by atoms with van der Waals surface area (Å²) >= 11 is 0. The van der Waals surface area contributed by atoms with E-state index < -0.39 is 11.7 Å². The summed E-state index contributed by atoms with van der Waals surface area (Å²) in [5, 5.41) is 3.57. The minimum absolute atomic E-state index is 0.0464. The lowest BCUT2D eigenvalue weighted by Crippen LogP contribution is -2.31. The van der Waals surface area contributed by atoms with Gasteiger partial charge in [-0.2, -0.15) is 0 Å². The molecule has 0 aliphatic rings. The zero-order chi connectivity index (χ0) is 23.5.